The number of hydrogen-bond donors (Lipinski definition) is 6. The molecule has 1 aliphatic carbocycles. The van der Waals surface area contributed by atoms with E-state index >= 15 is 0 Å². The van der Waals surface area contributed by atoms with Crippen molar-refractivity contribution in [2.75, 3.05) is 76.1 Å². The smallest absolute Gasteiger partial charge is 0.435 e. The lowest BCUT2D eigenvalue weighted by Crippen LogP contribution is -2.62. The van der Waals surface area contributed by atoms with Gasteiger partial charge in [0.05, 0.1) is 53.5 Å². The Labute approximate surface area is 354 Å². The average molecular weight is 867 g/mol. The van der Waals surface area contributed by atoms with Crippen LogP contribution in [0, 0.1) is 11.8 Å². The van der Waals surface area contributed by atoms with E-state index in [2.05, 4.69) is 41.1 Å². The number of aromatic nitrogens is 5. The number of amides is 3. The third-order valence-electron chi connectivity index (χ3n) is 12.4. The molecule has 3 aromatic heterocycles. The Bertz CT molecular complexity index is 2260. The monoisotopic (exact) mass is 866 g/mol. The minimum Gasteiger partial charge on any atom is -0.477 e. The molecule has 1 aromatic carbocycles. The van der Waals surface area contributed by atoms with E-state index in [9.17, 15) is 37.5 Å². The first-order chi connectivity index (χ1) is 29.2. The van der Waals surface area contributed by atoms with Crippen molar-refractivity contribution in [3.63, 3.8) is 0 Å². The standard InChI is InChI=1S/C41H47ClF3N11O5/c42-32-17-27(4-6-30(32)40(61)55-12-10-54(11-13-55)39(60)25-8-14-56(15-9-25,23-34(57)58)22-24-18-46-19-24)51-38(59)37-48-21-29(50-37)16-31-35(52-53-36(31)41(43,44)45)33-7-5-28(20-47-33)49-26-2-1-3-26/h4-7,17,20-21,24-26,46H,1-3,8-16,18-19,22-23H2,(H4-,47,48,49,50,51,52,53,57,58,59,61)/p+1. The number of carbonyl (C=O) groups excluding carboxylic acids is 3. The average Bonchev–Trinajstić information content (AvgIpc) is 3.86. The summed E-state index contributed by atoms with van der Waals surface area (Å²) >= 11 is 6.56. The Kier molecular flexibility index (Phi) is 12.1. The second-order valence-electron chi connectivity index (χ2n) is 16.6. The number of imidazole rings is 1. The zero-order valence-corrected chi connectivity index (χ0v) is 34.1. The largest absolute Gasteiger partial charge is 0.477 e. The predicted octanol–water partition coefficient (Wildman–Crippen LogP) is 4.49. The number of carboxylic acid groups (broad SMARTS) is 1. The molecule has 0 unspecified atom stereocenters. The van der Waals surface area contributed by atoms with Gasteiger partial charge in [0.25, 0.3) is 11.8 Å². The predicted molar refractivity (Wildman–Crippen MR) is 218 cm³/mol. The first kappa shape index (κ1) is 42.2. The van der Waals surface area contributed by atoms with Crippen LogP contribution in [0.25, 0.3) is 11.4 Å². The quantitative estimate of drug-likeness (QED) is 0.104. The molecule has 20 heteroatoms. The van der Waals surface area contributed by atoms with Crippen LogP contribution in [0.15, 0.2) is 42.7 Å². The zero-order valence-electron chi connectivity index (χ0n) is 33.4. The molecule has 8 rings (SSSR count). The van der Waals surface area contributed by atoms with Gasteiger partial charge >= 0.3 is 12.1 Å². The van der Waals surface area contributed by atoms with Crippen molar-refractivity contribution in [3.8, 4) is 11.4 Å². The van der Waals surface area contributed by atoms with Crippen LogP contribution in [0.4, 0.5) is 24.5 Å². The number of alkyl halides is 3. The summed E-state index contributed by atoms with van der Waals surface area (Å²) < 4.78 is 42.7. The fourth-order valence-corrected chi connectivity index (χ4v) is 9.01. The summed E-state index contributed by atoms with van der Waals surface area (Å²) in [7, 11) is 0. The van der Waals surface area contributed by atoms with E-state index in [0.29, 0.717) is 68.6 Å². The summed E-state index contributed by atoms with van der Waals surface area (Å²) in [6, 6.07) is 8.19. The van der Waals surface area contributed by atoms with E-state index in [1.807, 2.05) is 0 Å². The number of nitrogens with zero attached hydrogens (tertiary/aromatic N) is 6. The van der Waals surface area contributed by atoms with Gasteiger partial charge in [-0.3, -0.25) is 24.5 Å². The molecule has 0 radical (unpaired) electrons. The minimum atomic E-state index is -4.75. The number of benzene rings is 1. The summed E-state index contributed by atoms with van der Waals surface area (Å²) in [6.07, 6.45) is 2.35. The topological polar surface area (TPSA) is 201 Å². The molecule has 4 fully saturated rings. The van der Waals surface area contributed by atoms with Crippen LogP contribution in [0.3, 0.4) is 0 Å². The van der Waals surface area contributed by atoms with Crippen LogP contribution in [-0.4, -0.2) is 140 Å². The molecule has 6 heterocycles. The van der Waals surface area contributed by atoms with Gasteiger partial charge in [0.1, 0.15) is 0 Å². The summed E-state index contributed by atoms with van der Waals surface area (Å²) in [5.41, 5.74) is 0.614. The van der Waals surface area contributed by atoms with E-state index in [0.717, 1.165) is 44.6 Å². The van der Waals surface area contributed by atoms with Crippen molar-refractivity contribution in [1.29, 1.82) is 0 Å². The number of aliphatic carboxylic acids is 1. The minimum absolute atomic E-state index is 0.0413. The zero-order chi connectivity index (χ0) is 42.9. The van der Waals surface area contributed by atoms with Gasteiger partial charge in [-0.1, -0.05) is 11.6 Å². The Hall–Kier alpha value is -5.53. The Morgan fingerprint density at radius 3 is 2.26 bits per heavy atom. The molecule has 324 valence electrons. The van der Waals surface area contributed by atoms with E-state index in [4.69, 9.17) is 11.6 Å². The molecular weight excluding hydrogens is 819 g/mol. The van der Waals surface area contributed by atoms with Crippen LogP contribution >= 0.6 is 11.6 Å². The number of anilines is 2. The summed E-state index contributed by atoms with van der Waals surface area (Å²) in [6.45, 7) is 5.33. The highest BCUT2D eigenvalue weighted by molar-refractivity contribution is 6.34. The van der Waals surface area contributed by atoms with Crippen LogP contribution in [0.5, 0.6) is 0 Å². The second kappa shape index (κ2) is 17.4. The fraction of sp³-hybridized carbons (Fsp3) is 0.488. The van der Waals surface area contributed by atoms with Gasteiger partial charge in [-0.05, 0) is 49.6 Å². The lowest BCUT2D eigenvalue weighted by atomic mass is 9.90. The molecule has 16 nitrogen and oxygen atoms in total. The molecule has 0 bridgehead atoms. The number of H-pyrrole nitrogens is 2. The first-order valence-electron chi connectivity index (χ1n) is 20.6. The number of carboxylic acids is 1. The SMILES string of the molecule is O=C(O)C[N+]1(CC2CNC2)CCC(C(=O)N2CCN(C(=O)c3ccc(NC(=O)c4ncc(Cc5c(C(F)(F)F)n[nH]c5-c5ccc(NC6CCC6)cn5)[nH]4)cc3Cl)CC2)CC1. The molecule has 3 amide bonds. The van der Waals surface area contributed by atoms with Crippen molar-refractivity contribution in [2.45, 2.75) is 50.7 Å². The van der Waals surface area contributed by atoms with Crippen LogP contribution < -0.4 is 16.0 Å². The Balaban J connectivity index is 0.846. The maximum atomic E-state index is 14.1. The third-order valence-corrected chi connectivity index (χ3v) is 12.7. The molecular formula is C41H48ClF3N11O5+. The van der Waals surface area contributed by atoms with Gasteiger partial charge in [-0.15, -0.1) is 0 Å². The molecule has 0 atom stereocenters. The van der Waals surface area contributed by atoms with Crippen molar-refractivity contribution in [2.24, 2.45) is 11.8 Å². The number of nitrogens with one attached hydrogen (secondary N) is 5. The first-order valence-corrected chi connectivity index (χ1v) is 21.0. The third kappa shape index (κ3) is 9.53. The van der Waals surface area contributed by atoms with Crippen LogP contribution in [0.1, 0.15) is 70.0 Å². The maximum Gasteiger partial charge on any atom is 0.435 e. The number of likely N-dealkylation sites (tertiary alicyclic amines) is 1. The number of quaternary nitrogens is 1. The number of piperazine rings is 1. The molecule has 3 saturated heterocycles. The highest BCUT2D eigenvalue weighted by atomic mass is 35.5. The summed E-state index contributed by atoms with van der Waals surface area (Å²) in [4.78, 5) is 66.6. The van der Waals surface area contributed by atoms with Crippen molar-refractivity contribution >= 4 is 46.7 Å². The number of aromatic amines is 2. The van der Waals surface area contributed by atoms with Gasteiger partial charge in [-0.2, -0.15) is 18.3 Å². The van der Waals surface area contributed by atoms with E-state index < -0.39 is 23.7 Å². The van der Waals surface area contributed by atoms with E-state index in [-0.39, 0.29) is 75.4 Å². The van der Waals surface area contributed by atoms with Gasteiger partial charge in [-0.25, -0.2) is 9.78 Å². The fourth-order valence-electron chi connectivity index (χ4n) is 8.75. The van der Waals surface area contributed by atoms with Gasteiger partial charge in [0, 0.05) is 99.6 Å². The number of rotatable bonds is 13. The number of piperidine rings is 1. The second-order valence-corrected chi connectivity index (χ2v) is 17.1. The van der Waals surface area contributed by atoms with Crippen LogP contribution in [0.2, 0.25) is 5.02 Å². The molecule has 0 spiro atoms. The summed E-state index contributed by atoms with van der Waals surface area (Å²) in [5, 5.41) is 25.0. The van der Waals surface area contributed by atoms with Gasteiger partial charge in [0.15, 0.2) is 18.1 Å². The molecule has 4 aromatic rings. The molecule has 4 aliphatic rings. The van der Waals surface area contributed by atoms with E-state index in [1.165, 1.54) is 24.4 Å². The van der Waals surface area contributed by atoms with Crippen molar-refractivity contribution in [1.82, 2.24) is 40.3 Å². The van der Waals surface area contributed by atoms with Crippen molar-refractivity contribution < 1.29 is 41.9 Å². The molecule has 6 N–H and O–H groups in total. The Morgan fingerprint density at radius 1 is 0.934 bits per heavy atom. The number of hydrogen-bond acceptors (Lipinski definition) is 9. The number of pyridine rings is 1. The lowest BCUT2D eigenvalue weighted by Gasteiger charge is -2.46. The summed E-state index contributed by atoms with van der Waals surface area (Å²) in [5.74, 6) is -1.65. The Morgan fingerprint density at radius 2 is 1.66 bits per heavy atom. The normalized spacial score (nSPS) is 21.1. The van der Waals surface area contributed by atoms with Gasteiger partial charge in [0.2, 0.25) is 5.91 Å². The van der Waals surface area contributed by atoms with E-state index in [1.54, 1.807) is 28.1 Å². The lowest BCUT2D eigenvalue weighted by molar-refractivity contribution is -0.929. The van der Waals surface area contributed by atoms with Crippen LogP contribution in [-0.2, 0) is 22.2 Å². The molecule has 1 saturated carbocycles. The maximum absolute atomic E-state index is 14.1. The number of halogens is 4. The molecule has 61 heavy (non-hydrogen) atoms. The number of carbonyl (C=O) groups is 4. The molecule has 3 aliphatic heterocycles. The highest BCUT2D eigenvalue weighted by Crippen LogP contribution is 2.36. The highest BCUT2D eigenvalue weighted by Gasteiger charge is 2.42. The van der Waals surface area contributed by atoms with Gasteiger partial charge < -0.3 is 40.3 Å². The van der Waals surface area contributed by atoms with Crippen molar-refractivity contribution in [3.05, 3.63) is 76.1 Å².